The maximum Gasteiger partial charge on any atom is 0.407 e. The van der Waals surface area contributed by atoms with Crippen LogP contribution in [0.25, 0.3) is 10.4 Å². The minimum absolute atomic E-state index is 0.00666. The molecule has 0 bridgehead atoms. The van der Waals surface area contributed by atoms with E-state index in [0.717, 1.165) is 18.4 Å². The molecule has 0 radical (unpaired) electrons. The normalized spacial score (nSPS) is 24.2. The number of carbonyl (C=O) groups is 1. The third-order valence-corrected chi connectivity index (χ3v) is 5.02. The Balaban J connectivity index is 2.06. The molecular weight excluding hydrogens is 358 g/mol. The van der Waals surface area contributed by atoms with Crippen LogP contribution in [0.5, 0.6) is 0 Å². The smallest absolute Gasteiger partial charge is 0.407 e. The molecule has 3 atom stereocenters. The maximum absolute atomic E-state index is 12.5. The van der Waals surface area contributed by atoms with E-state index in [0.29, 0.717) is 13.0 Å². The summed E-state index contributed by atoms with van der Waals surface area (Å²) in [5, 5.41) is 6.50. The van der Waals surface area contributed by atoms with Crippen LogP contribution in [0.15, 0.2) is 40.4 Å². The SMILES string of the molecule is CC1(C)CC(NC(=O)OC(CN=[N+]=[N-])c2ccccc2)CC(C)(CN=C=O)C1. The molecule has 0 aromatic heterocycles. The Morgan fingerprint density at radius 2 is 2.07 bits per heavy atom. The highest BCUT2D eigenvalue weighted by Crippen LogP contribution is 2.46. The first-order valence-corrected chi connectivity index (χ1v) is 9.33. The van der Waals surface area contributed by atoms with Gasteiger partial charge in [-0.05, 0) is 41.2 Å². The van der Waals surface area contributed by atoms with Gasteiger partial charge in [0.2, 0.25) is 6.08 Å². The maximum atomic E-state index is 12.5. The average molecular weight is 385 g/mol. The monoisotopic (exact) mass is 385 g/mol. The number of hydrogen-bond donors (Lipinski definition) is 1. The van der Waals surface area contributed by atoms with Crippen LogP contribution < -0.4 is 5.32 Å². The summed E-state index contributed by atoms with van der Waals surface area (Å²) in [6.45, 7) is 6.77. The van der Waals surface area contributed by atoms with Crippen LogP contribution >= 0.6 is 0 Å². The van der Waals surface area contributed by atoms with Crippen molar-refractivity contribution in [2.24, 2.45) is 20.9 Å². The summed E-state index contributed by atoms with van der Waals surface area (Å²) in [6, 6.07) is 9.08. The number of hydrogen-bond acceptors (Lipinski definition) is 5. The molecule has 1 amide bonds. The first-order valence-electron chi connectivity index (χ1n) is 9.33. The summed E-state index contributed by atoms with van der Waals surface area (Å²) in [4.78, 5) is 29.6. The van der Waals surface area contributed by atoms with Gasteiger partial charge in [0.1, 0.15) is 6.10 Å². The van der Waals surface area contributed by atoms with Gasteiger partial charge in [-0.2, -0.15) is 0 Å². The number of nitrogens with one attached hydrogen (secondary N) is 1. The van der Waals surface area contributed by atoms with E-state index < -0.39 is 12.2 Å². The van der Waals surface area contributed by atoms with Crippen molar-refractivity contribution in [2.45, 2.75) is 52.2 Å². The number of carbonyl (C=O) groups excluding carboxylic acids is 2. The molecule has 1 aromatic carbocycles. The molecule has 1 aromatic rings. The Kier molecular flexibility index (Phi) is 7.21. The first-order chi connectivity index (χ1) is 13.3. The summed E-state index contributed by atoms with van der Waals surface area (Å²) in [5.74, 6) is 0. The third-order valence-electron chi connectivity index (χ3n) is 5.02. The molecular formula is C20H27N5O3. The molecule has 1 N–H and O–H groups in total. The fourth-order valence-electron chi connectivity index (χ4n) is 4.40. The lowest BCUT2D eigenvalue weighted by Gasteiger charge is -2.45. The fraction of sp³-hybridized carbons (Fsp3) is 0.600. The van der Waals surface area contributed by atoms with Crippen LogP contribution in [0.2, 0.25) is 0 Å². The van der Waals surface area contributed by atoms with Crippen molar-refractivity contribution in [3.8, 4) is 0 Å². The minimum Gasteiger partial charge on any atom is -0.441 e. The van der Waals surface area contributed by atoms with Crippen molar-refractivity contribution in [1.82, 2.24) is 5.32 Å². The van der Waals surface area contributed by atoms with Gasteiger partial charge in [0, 0.05) is 11.0 Å². The molecule has 8 heteroatoms. The zero-order valence-electron chi connectivity index (χ0n) is 16.6. The number of rotatable bonds is 7. The molecule has 0 aliphatic heterocycles. The summed E-state index contributed by atoms with van der Waals surface area (Å²) in [5.41, 5.74) is 9.17. The molecule has 3 unspecified atom stereocenters. The Labute approximate surface area is 165 Å². The largest absolute Gasteiger partial charge is 0.441 e. The minimum atomic E-state index is -0.653. The topological polar surface area (TPSA) is 117 Å². The van der Waals surface area contributed by atoms with Gasteiger partial charge < -0.3 is 10.1 Å². The summed E-state index contributed by atoms with van der Waals surface area (Å²) in [7, 11) is 0. The molecule has 8 nitrogen and oxygen atoms in total. The summed E-state index contributed by atoms with van der Waals surface area (Å²) in [6.07, 6.45) is 2.81. The third kappa shape index (κ3) is 6.41. The van der Waals surface area contributed by atoms with Crippen molar-refractivity contribution < 1.29 is 14.3 Å². The number of benzene rings is 1. The fourth-order valence-corrected chi connectivity index (χ4v) is 4.40. The quantitative estimate of drug-likeness (QED) is 0.241. The molecule has 150 valence electrons. The van der Waals surface area contributed by atoms with E-state index >= 15 is 0 Å². The molecule has 2 rings (SSSR count). The van der Waals surface area contributed by atoms with Gasteiger partial charge in [-0.1, -0.05) is 56.2 Å². The highest BCUT2D eigenvalue weighted by Gasteiger charge is 2.42. The van der Waals surface area contributed by atoms with Gasteiger partial charge in [-0.3, -0.25) is 0 Å². The lowest BCUT2D eigenvalue weighted by Crippen LogP contribution is -2.48. The molecule has 0 saturated heterocycles. The van der Waals surface area contributed by atoms with E-state index in [2.05, 4.69) is 41.1 Å². The highest BCUT2D eigenvalue weighted by atomic mass is 16.6. The molecule has 0 heterocycles. The lowest BCUT2D eigenvalue weighted by molar-refractivity contribution is 0.0613. The standard InChI is InChI=1S/C20H27N5O3/c1-19(2)9-16(10-20(3,12-19)13-22-14-26)24-18(27)28-17(11-23-25-21)15-7-5-4-6-8-15/h4-8,16-17H,9-13H2,1-3H3,(H,24,27). The number of azide groups is 1. The predicted octanol–water partition coefficient (Wildman–Crippen LogP) is 4.69. The second-order valence-corrected chi connectivity index (χ2v) is 8.53. The van der Waals surface area contributed by atoms with Gasteiger partial charge in [0.25, 0.3) is 0 Å². The van der Waals surface area contributed by atoms with Crippen molar-refractivity contribution in [3.63, 3.8) is 0 Å². The molecule has 1 aliphatic carbocycles. The number of amides is 1. The number of nitrogens with zero attached hydrogens (tertiary/aromatic N) is 4. The number of isocyanates is 1. The van der Waals surface area contributed by atoms with Crippen LogP contribution in [0.1, 0.15) is 51.7 Å². The van der Waals surface area contributed by atoms with Gasteiger partial charge in [-0.25, -0.2) is 14.6 Å². The average Bonchev–Trinajstić information content (AvgIpc) is 2.62. The van der Waals surface area contributed by atoms with E-state index in [1.807, 2.05) is 30.3 Å². The van der Waals surface area contributed by atoms with E-state index in [9.17, 15) is 9.59 Å². The van der Waals surface area contributed by atoms with Gasteiger partial charge in [0.05, 0.1) is 13.1 Å². The number of aliphatic imine (C=N–C) groups is 1. The molecule has 28 heavy (non-hydrogen) atoms. The zero-order chi connectivity index (χ0) is 20.6. The number of ether oxygens (including phenoxy) is 1. The van der Waals surface area contributed by atoms with Crippen molar-refractivity contribution in [3.05, 3.63) is 46.3 Å². The van der Waals surface area contributed by atoms with Crippen molar-refractivity contribution in [1.29, 1.82) is 0 Å². The van der Waals surface area contributed by atoms with Crippen LogP contribution in [-0.4, -0.2) is 31.3 Å². The number of alkyl carbamates (subject to hydrolysis) is 1. The van der Waals surface area contributed by atoms with Crippen molar-refractivity contribution in [2.75, 3.05) is 13.1 Å². The van der Waals surface area contributed by atoms with Crippen LogP contribution in [-0.2, 0) is 9.53 Å². The Bertz CT molecular complexity index is 769. The second-order valence-electron chi connectivity index (χ2n) is 8.53. The Hall–Kier alpha value is -2.82. The van der Waals surface area contributed by atoms with Gasteiger partial charge in [-0.15, -0.1) is 0 Å². The lowest BCUT2D eigenvalue weighted by atomic mass is 9.62. The Morgan fingerprint density at radius 1 is 1.36 bits per heavy atom. The van der Waals surface area contributed by atoms with Crippen LogP contribution in [0, 0.1) is 10.8 Å². The van der Waals surface area contributed by atoms with Crippen molar-refractivity contribution >= 4 is 12.2 Å². The second kappa shape index (κ2) is 9.40. The Morgan fingerprint density at radius 3 is 2.71 bits per heavy atom. The molecule has 1 aliphatic rings. The highest BCUT2D eigenvalue weighted by molar-refractivity contribution is 5.68. The van der Waals surface area contributed by atoms with E-state index in [1.54, 1.807) is 6.08 Å². The molecule has 1 fully saturated rings. The summed E-state index contributed by atoms with van der Waals surface area (Å²) < 4.78 is 5.56. The predicted molar refractivity (Wildman–Crippen MR) is 105 cm³/mol. The van der Waals surface area contributed by atoms with Crippen LogP contribution in [0.3, 0.4) is 0 Å². The summed E-state index contributed by atoms with van der Waals surface area (Å²) >= 11 is 0. The van der Waals surface area contributed by atoms with E-state index in [-0.39, 0.29) is 23.4 Å². The van der Waals surface area contributed by atoms with E-state index in [1.165, 1.54) is 0 Å². The van der Waals surface area contributed by atoms with Crippen LogP contribution in [0.4, 0.5) is 4.79 Å². The van der Waals surface area contributed by atoms with Gasteiger partial charge in [0.15, 0.2) is 0 Å². The first kappa shape index (κ1) is 21.5. The zero-order valence-corrected chi connectivity index (χ0v) is 16.6. The van der Waals surface area contributed by atoms with E-state index in [4.69, 9.17) is 10.3 Å². The molecule has 0 spiro atoms. The molecule has 1 saturated carbocycles. The van der Waals surface area contributed by atoms with Gasteiger partial charge >= 0.3 is 6.09 Å².